The van der Waals surface area contributed by atoms with E-state index in [1.165, 1.54) is 26.0 Å². The molecular weight excluding hydrogens is 619 g/mol. The van der Waals surface area contributed by atoms with Crippen LogP contribution in [0.15, 0.2) is 18.5 Å². The molecule has 6 atom stereocenters. The second-order valence-corrected chi connectivity index (χ2v) is 13.3. The smallest absolute Gasteiger partial charge is 0.387 e. The molecule has 1 aliphatic heterocycles. The first kappa shape index (κ1) is 33.3. The Balaban J connectivity index is 1.85. The molecule has 0 bridgehead atoms. The number of hydrogen-bond donors (Lipinski definition) is 7. The molecule has 7 N–H and O–H groups in total. The van der Waals surface area contributed by atoms with E-state index in [1.54, 1.807) is 13.0 Å². The van der Waals surface area contributed by atoms with Crippen molar-refractivity contribution in [3.8, 4) is 6.07 Å². The molecule has 1 amide bonds. The molecule has 2 aromatic heterocycles. The highest BCUT2D eigenvalue weighted by Crippen LogP contribution is 2.66. The maximum Gasteiger partial charge on any atom is 0.490 e. The number of carbonyl (C=O) groups is 1. The van der Waals surface area contributed by atoms with E-state index in [2.05, 4.69) is 28.5 Å². The number of amides is 1. The minimum atomic E-state index is -5.81. The summed E-state index contributed by atoms with van der Waals surface area (Å²) in [4.78, 5) is 52.9. The lowest BCUT2D eigenvalue weighted by Crippen LogP contribution is -2.41. The topological polar surface area (TPSA) is 302 Å². The summed E-state index contributed by atoms with van der Waals surface area (Å²) in [5.41, 5.74) is -3.64. The van der Waals surface area contributed by atoms with Crippen molar-refractivity contribution >= 4 is 40.7 Å². The number of aliphatic hydroxyl groups excluding tert-OH is 2. The van der Waals surface area contributed by atoms with Crippen molar-refractivity contribution in [1.29, 1.82) is 5.26 Å². The predicted molar refractivity (Wildman–Crippen MR) is 131 cm³/mol. The lowest BCUT2D eigenvalue weighted by atomic mass is 9.92. The fraction of sp³-hybridized carbons (Fsp3) is 0.556. The average Bonchev–Trinajstić information content (AvgIpc) is 3.36. The number of carbonyl (C=O) groups excluding carboxylic acids is 1. The Morgan fingerprint density at radius 3 is 2.44 bits per heavy atom. The van der Waals surface area contributed by atoms with Gasteiger partial charge in [-0.2, -0.15) is 19.0 Å². The van der Waals surface area contributed by atoms with Crippen molar-refractivity contribution in [1.82, 2.24) is 14.6 Å². The number of nitrogens with zero attached hydrogens (tertiary/aromatic N) is 4. The fourth-order valence-corrected chi connectivity index (χ4v) is 6.81. The first-order valence-electron chi connectivity index (χ1n) is 11.3. The number of phosphoric ester groups is 1. The molecule has 1 aliphatic rings. The van der Waals surface area contributed by atoms with Crippen molar-refractivity contribution < 1.29 is 70.9 Å². The van der Waals surface area contributed by atoms with E-state index >= 15 is 0 Å². The van der Waals surface area contributed by atoms with E-state index in [9.17, 15) is 43.8 Å². The third-order valence-corrected chi connectivity index (χ3v) is 9.36. The quantitative estimate of drug-likeness (QED) is 0.145. The van der Waals surface area contributed by atoms with Gasteiger partial charge >= 0.3 is 23.5 Å². The molecular formula is C18H26N5O15P3. The summed E-state index contributed by atoms with van der Waals surface area (Å²) in [7, 11) is -17.0. The van der Waals surface area contributed by atoms with Gasteiger partial charge in [0.1, 0.15) is 41.8 Å². The number of ether oxygens (including phenoxy) is 2. The first-order chi connectivity index (χ1) is 18.8. The van der Waals surface area contributed by atoms with Gasteiger partial charge in [0.15, 0.2) is 5.82 Å². The second-order valence-electron chi connectivity index (χ2n) is 8.85. The molecule has 3 heterocycles. The molecule has 23 heteroatoms. The average molecular weight is 645 g/mol. The Kier molecular flexibility index (Phi) is 9.63. The first-order valence-corrected chi connectivity index (χ1v) is 15.8. The molecule has 2 unspecified atom stereocenters. The number of hydrogen-bond acceptors (Lipinski definition) is 14. The highest BCUT2D eigenvalue weighted by atomic mass is 31.3. The van der Waals surface area contributed by atoms with Gasteiger partial charge in [0.05, 0.1) is 12.3 Å². The third kappa shape index (κ3) is 7.43. The highest BCUT2D eigenvalue weighted by molar-refractivity contribution is 7.66. The number of phosphoric acid groups is 3. The van der Waals surface area contributed by atoms with Crippen LogP contribution in [0.4, 0.5) is 5.82 Å². The van der Waals surface area contributed by atoms with Gasteiger partial charge in [0.2, 0.25) is 5.60 Å². The molecule has 0 aliphatic carbocycles. The van der Waals surface area contributed by atoms with Gasteiger partial charge in [-0.3, -0.25) is 9.32 Å². The third-order valence-electron chi connectivity index (χ3n) is 5.56. The van der Waals surface area contributed by atoms with Crippen molar-refractivity contribution in [3.63, 3.8) is 0 Å². The number of fused-ring (bicyclic) bond motifs is 1. The van der Waals surface area contributed by atoms with Gasteiger partial charge < -0.3 is 44.6 Å². The van der Waals surface area contributed by atoms with Gasteiger partial charge in [-0.05, 0) is 32.9 Å². The van der Waals surface area contributed by atoms with E-state index < -0.39 is 65.5 Å². The summed E-state index contributed by atoms with van der Waals surface area (Å²) in [5, 5.41) is 37.9. The Bertz CT molecular complexity index is 1490. The lowest BCUT2D eigenvalue weighted by molar-refractivity contribution is -0.136. The van der Waals surface area contributed by atoms with Crippen molar-refractivity contribution in [2.45, 2.75) is 50.3 Å². The van der Waals surface area contributed by atoms with E-state index in [0.717, 1.165) is 10.8 Å². The molecule has 0 radical (unpaired) electrons. The van der Waals surface area contributed by atoms with Gasteiger partial charge in [-0.1, -0.05) is 0 Å². The van der Waals surface area contributed by atoms with Crippen LogP contribution in [0.5, 0.6) is 0 Å². The van der Waals surface area contributed by atoms with E-state index in [-0.39, 0.29) is 23.6 Å². The lowest BCUT2D eigenvalue weighted by Gasteiger charge is -2.25. The van der Waals surface area contributed by atoms with Gasteiger partial charge in [-0.25, -0.2) is 23.2 Å². The van der Waals surface area contributed by atoms with Crippen LogP contribution >= 0.6 is 23.5 Å². The molecule has 0 aromatic carbocycles. The van der Waals surface area contributed by atoms with Crippen molar-refractivity contribution in [2.24, 2.45) is 0 Å². The largest absolute Gasteiger partial charge is 0.490 e. The molecule has 1 fully saturated rings. The highest BCUT2D eigenvalue weighted by Gasteiger charge is 2.58. The molecule has 0 spiro atoms. The van der Waals surface area contributed by atoms with Crippen LogP contribution in [-0.2, 0) is 46.7 Å². The van der Waals surface area contributed by atoms with Crippen LogP contribution in [0, 0.1) is 11.3 Å². The minimum absolute atomic E-state index is 0.00522. The zero-order valence-electron chi connectivity index (χ0n) is 21.4. The van der Waals surface area contributed by atoms with Gasteiger partial charge in [-0.15, -0.1) is 0 Å². The number of nitriles is 1. The van der Waals surface area contributed by atoms with Crippen LogP contribution in [-0.4, -0.2) is 87.4 Å². The Morgan fingerprint density at radius 1 is 1.20 bits per heavy atom. The zero-order valence-corrected chi connectivity index (χ0v) is 24.0. The summed E-state index contributed by atoms with van der Waals surface area (Å²) < 4.78 is 58.0. The van der Waals surface area contributed by atoms with Crippen molar-refractivity contribution in [2.75, 3.05) is 18.5 Å². The molecule has 20 nitrogen and oxygen atoms in total. The number of nitrogens with one attached hydrogen (secondary N) is 1. The molecule has 41 heavy (non-hydrogen) atoms. The van der Waals surface area contributed by atoms with Crippen LogP contribution in [0.25, 0.3) is 5.52 Å². The number of aliphatic hydroxyl groups is 2. The summed E-state index contributed by atoms with van der Waals surface area (Å²) in [5.74, 6) is -0.564. The summed E-state index contributed by atoms with van der Waals surface area (Å²) in [6.45, 7) is 3.88. The Hall–Kier alpha value is -2.17. The van der Waals surface area contributed by atoms with Crippen molar-refractivity contribution in [3.05, 3.63) is 24.2 Å². The van der Waals surface area contributed by atoms with E-state index in [1.807, 2.05) is 0 Å². The summed E-state index contributed by atoms with van der Waals surface area (Å²) in [6, 6.07) is 4.36. The second kappa shape index (κ2) is 11.8. The molecule has 3 rings (SSSR count). The maximum absolute atomic E-state index is 12.7. The number of anilines is 1. The van der Waals surface area contributed by atoms with Crippen LogP contribution < -0.4 is 5.32 Å². The normalized spacial score (nSPS) is 26.3. The fourth-order valence-electron chi connectivity index (χ4n) is 3.78. The van der Waals surface area contributed by atoms with Crippen LogP contribution in [0.2, 0.25) is 0 Å². The summed E-state index contributed by atoms with van der Waals surface area (Å²) in [6.07, 6.45) is -4.70. The zero-order chi connectivity index (χ0) is 31.0. The molecule has 228 valence electrons. The van der Waals surface area contributed by atoms with E-state index in [0.29, 0.717) is 0 Å². The molecule has 1 saturated heterocycles. The maximum atomic E-state index is 12.7. The Labute approximate surface area is 230 Å². The number of rotatable bonds is 12. The van der Waals surface area contributed by atoms with E-state index in [4.69, 9.17) is 19.3 Å². The van der Waals surface area contributed by atoms with Gasteiger partial charge in [0.25, 0.3) is 5.91 Å². The van der Waals surface area contributed by atoms with Crippen LogP contribution in [0.1, 0.15) is 26.5 Å². The van der Waals surface area contributed by atoms with Gasteiger partial charge in [0, 0.05) is 6.61 Å². The van der Waals surface area contributed by atoms with Crippen LogP contribution in [0.3, 0.4) is 0 Å². The standard InChI is InChI=1S/C18H26N5O15P3/c1-4-34-17(2,3)16(26)22-15-10-5-6-12(23(10)21-9-20-15)18(8-19)14(25)13(24)11(36-18)7-35-40(30,31)38-41(32,33)37-39(27,28)29/h5-6,9,11,13-14,24-25H,4,7H2,1-3H3,(H,30,31)(H,32,33)(H2,27,28,29)(H,20,21,22,26)/t11-,13-,14-,18+/m1/s1. The monoisotopic (exact) mass is 645 g/mol. The molecule has 0 saturated carbocycles. The SMILES string of the molecule is CCOC(C)(C)C(=O)Nc1ncnn2c([C@]3(C#N)O[C@H](COP(=O)(O)OP(=O)(O)OP(=O)(O)O)[C@@H](O)[C@H]3O)ccc12. The molecule has 2 aromatic rings. The minimum Gasteiger partial charge on any atom is -0.387 e. The summed E-state index contributed by atoms with van der Waals surface area (Å²) >= 11 is 0. The predicted octanol–water partition coefficient (Wildman–Crippen LogP) is -0.334. The Morgan fingerprint density at radius 2 is 1.85 bits per heavy atom. The number of aromatic nitrogens is 3.